The zero-order chi connectivity index (χ0) is 11.0. The molecule has 0 spiro atoms. The maximum absolute atomic E-state index is 11.4. The highest BCUT2D eigenvalue weighted by Gasteiger charge is 2.12. The van der Waals surface area contributed by atoms with Crippen LogP contribution in [0.2, 0.25) is 5.02 Å². The monoisotopic (exact) mass is 335 g/mol. The third kappa shape index (κ3) is 1.83. The van der Waals surface area contributed by atoms with Gasteiger partial charge in [0, 0.05) is 20.2 Å². The first-order chi connectivity index (χ1) is 7.13. The minimum absolute atomic E-state index is 0.398. The summed E-state index contributed by atoms with van der Waals surface area (Å²) < 4.78 is 7.11. The van der Waals surface area contributed by atoms with Gasteiger partial charge >= 0.3 is 6.09 Å². The van der Waals surface area contributed by atoms with Gasteiger partial charge in [0.25, 0.3) is 0 Å². The first-order valence-corrected chi connectivity index (χ1v) is 5.63. The lowest BCUT2D eigenvalue weighted by molar-refractivity contribution is 0.174. The van der Waals surface area contributed by atoms with E-state index in [4.69, 9.17) is 11.6 Å². The van der Waals surface area contributed by atoms with Crippen molar-refractivity contribution in [3.63, 3.8) is 0 Å². The van der Waals surface area contributed by atoms with Crippen LogP contribution < -0.4 is 0 Å². The fourth-order valence-electron chi connectivity index (χ4n) is 1.41. The number of fused-ring (bicyclic) bond motifs is 1. The van der Waals surface area contributed by atoms with E-state index in [1.165, 1.54) is 11.7 Å². The molecule has 0 saturated carbocycles. The van der Waals surface area contributed by atoms with E-state index in [0.717, 1.165) is 14.5 Å². The molecule has 15 heavy (non-hydrogen) atoms. The third-order valence-electron chi connectivity index (χ3n) is 2.09. The number of carbonyl (C=O) groups is 1. The predicted octanol–water partition coefficient (Wildman–Crippen LogP) is 3.51. The molecule has 2 rings (SSSR count). The molecule has 2 aromatic rings. The summed E-state index contributed by atoms with van der Waals surface area (Å²) in [6.45, 7) is 0. The smallest absolute Gasteiger partial charge is 0.418 e. The highest BCUT2D eigenvalue weighted by molar-refractivity contribution is 14.1. The van der Waals surface area contributed by atoms with E-state index < -0.39 is 6.09 Å². The summed E-state index contributed by atoms with van der Waals surface area (Å²) in [6.07, 6.45) is 1.33. The zero-order valence-electron chi connectivity index (χ0n) is 7.83. The van der Waals surface area contributed by atoms with Crippen molar-refractivity contribution in [1.82, 2.24) is 4.57 Å². The number of ether oxygens (including phenoxy) is 1. The Morgan fingerprint density at radius 2 is 2.27 bits per heavy atom. The van der Waals surface area contributed by atoms with Crippen LogP contribution in [-0.4, -0.2) is 17.8 Å². The summed E-state index contributed by atoms with van der Waals surface area (Å²) >= 11 is 8.04. The van der Waals surface area contributed by atoms with Crippen LogP contribution in [0.1, 0.15) is 0 Å². The van der Waals surface area contributed by atoms with Gasteiger partial charge in [-0.2, -0.15) is 0 Å². The topological polar surface area (TPSA) is 31.2 Å². The lowest BCUT2D eigenvalue weighted by atomic mass is 10.2. The quantitative estimate of drug-likeness (QED) is 0.690. The van der Waals surface area contributed by atoms with Crippen molar-refractivity contribution >= 4 is 51.2 Å². The van der Waals surface area contributed by atoms with Crippen molar-refractivity contribution in [3.05, 3.63) is 33.0 Å². The molecule has 5 heteroatoms. The second-order valence-corrected chi connectivity index (χ2v) is 4.58. The van der Waals surface area contributed by atoms with E-state index in [1.54, 1.807) is 18.3 Å². The molecule has 3 nitrogen and oxygen atoms in total. The van der Waals surface area contributed by atoms with Crippen LogP contribution >= 0.6 is 34.2 Å². The van der Waals surface area contributed by atoms with Crippen molar-refractivity contribution in [2.75, 3.05) is 7.11 Å². The maximum Gasteiger partial charge on any atom is 0.418 e. The van der Waals surface area contributed by atoms with Crippen LogP contribution in [0.5, 0.6) is 0 Å². The van der Waals surface area contributed by atoms with E-state index in [-0.39, 0.29) is 0 Å². The summed E-state index contributed by atoms with van der Waals surface area (Å²) in [5.41, 5.74) is 0.802. The summed E-state index contributed by atoms with van der Waals surface area (Å²) in [5.74, 6) is 0. The van der Waals surface area contributed by atoms with Crippen molar-refractivity contribution in [2.45, 2.75) is 0 Å². The van der Waals surface area contributed by atoms with Crippen LogP contribution in [0.4, 0.5) is 4.79 Å². The summed E-state index contributed by atoms with van der Waals surface area (Å²) in [5, 5.41) is 1.61. The second kappa shape index (κ2) is 4.02. The molecule has 0 N–H and O–H groups in total. The normalized spacial score (nSPS) is 10.6. The van der Waals surface area contributed by atoms with Crippen molar-refractivity contribution in [3.8, 4) is 0 Å². The van der Waals surface area contributed by atoms with Gasteiger partial charge in [0.15, 0.2) is 0 Å². The van der Waals surface area contributed by atoms with E-state index in [1.807, 2.05) is 6.07 Å². The Kier molecular flexibility index (Phi) is 2.88. The minimum atomic E-state index is -0.398. The summed E-state index contributed by atoms with van der Waals surface area (Å²) in [4.78, 5) is 11.4. The number of methoxy groups -OCH3 is 1. The molecule has 0 unspecified atom stereocenters. The van der Waals surface area contributed by atoms with Crippen molar-refractivity contribution < 1.29 is 9.53 Å². The average Bonchev–Trinajstić information content (AvgIpc) is 2.55. The third-order valence-corrected chi connectivity index (χ3v) is 3.18. The molecule has 0 aliphatic carbocycles. The van der Waals surface area contributed by atoms with Gasteiger partial charge in [-0.25, -0.2) is 4.79 Å². The van der Waals surface area contributed by atoms with Crippen LogP contribution in [0.15, 0.2) is 24.4 Å². The van der Waals surface area contributed by atoms with Gasteiger partial charge in [0.1, 0.15) is 0 Å². The van der Waals surface area contributed by atoms with Gasteiger partial charge in [-0.1, -0.05) is 11.6 Å². The van der Waals surface area contributed by atoms with Gasteiger partial charge < -0.3 is 4.74 Å². The fraction of sp³-hybridized carbons (Fsp3) is 0.100. The van der Waals surface area contributed by atoms with Gasteiger partial charge in [0.05, 0.1) is 12.6 Å². The van der Waals surface area contributed by atoms with Crippen LogP contribution in [0.25, 0.3) is 10.9 Å². The number of hydrogen-bond donors (Lipinski definition) is 0. The molecule has 0 fully saturated rings. The Morgan fingerprint density at radius 1 is 1.53 bits per heavy atom. The highest BCUT2D eigenvalue weighted by atomic mass is 127. The van der Waals surface area contributed by atoms with Gasteiger partial charge in [0.2, 0.25) is 0 Å². The highest BCUT2D eigenvalue weighted by Crippen LogP contribution is 2.26. The van der Waals surface area contributed by atoms with Gasteiger partial charge in [-0.15, -0.1) is 0 Å². The van der Waals surface area contributed by atoms with Crippen molar-refractivity contribution in [2.24, 2.45) is 0 Å². The van der Waals surface area contributed by atoms with E-state index in [9.17, 15) is 4.79 Å². The van der Waals surface area contributed by atoms with Gasteiger partial charge in [-0.05, 0) is 40.8 Å². The Morgan fingerprint density at radius 3 is 2.93 bits per heavy atom. The largest absolute Gasteiger partial charge is 0.452 e. The maximum atomic E-state index is 11.4. The first kappa shape index (κ1) is 10.8. The average molecular weight is 336 g/mol. The molecule has 0 aliphatic heterocycles. The molecule has 78 valence electrons. The molecule has 1 aromatic carbocycles. The molecule has 0 bridgehead atoms. The number of nitrogens with zero attached hydrogens (tertiary/aromatic N) is 1. The molecule has 0 saturated heterocycles. The van der Waals surface area contributed by atoms with Crippen molar-refractivity contribution in [1.29, 1.82) is 0 Å². The lowest BCUT2D eigenvalue weighted by Gasteiger charge is -2.01. The Hall–Kier alpha value is -0.750. The zero-order valence-corrected chi connectivity index (χ0v) is 10.7. The molecule has 0 atom stereocenters. The van der Waals surface area contributed by atoms with Crippen LogP contribution in [0.3, 0.4) is 0 Å². The Labute approximate surface area is 105 Å². The van der Waals surface area contributed by atoms with E-state index in [2.05, 4.69) is 27.3 Å². The molecule has 1 aromatic heterocycles. The van der Waals surface area contributed by atoms with Gasteiger partial charge in [-0.3, -0.25) is 4.57 Å². The summed E-state index contributed by atoms with van der Waals surface area (Å²) in [6, 6.07) is 5.38. The number of benzene rings is 1. The number of halogens is 2. The first-order valence-electron chi connectivity index (χ1n) is 4.18. The number of carbonyl (C=O) groups excluding carboxylic acids is 1. The number of rotatable bonds is 0. The molecule has 0 radical (unpaired) electrons. The molecule has 0 amide bonds. The SMILES string of the molecule is COC(=O)n1cc(I)c2cc(Cl)ccc21. The predicted molar refractivity (Wildman–Crippen MR) is 67.5 cm³/mol. The van der Waals surface area contributed by atoms with E-state index in [0.29, 0.717) is 5.02 Å². The molecular formula is C10H7ClINO2. The molecular weight excluding hydrogens is 328 g/mol. The molecule has 0 aliphatic rings. The number of aromatic nitrogens is 1. The standard InChI is InChI=1S/C10H7ClINO2/c1-15-10(14)13-5-8(12)7-4-6(11)2-3-9(7)13/h2-5H,1H3. The molecule has 1 heterocycles. The number of hydrogen-bond acceptors (Lipinski definition) is 2. The van der Waals surface area contributed by atoms with Crippen LogP contribution in [-0.2, 0) is 4.74 Å². The fourth-order valence-corrected chi connectivity index (χ4v) is 2.29. The minimum Gasteiger partial charge on any atom is -0.452 e. The van der Waals surface area contributed by atoms with E-state index >= 15 is 0 Å². The van der Waals surface area contributed by atoms with Crippen LogP contribution in [0, 0.1) is 3.57 Å². The second-order valence-electron chi connectivity index (χ2n) is 2.98. The summed E-state index contributed by atoms with van der Waals surface area (Å²) in [7, 11) is 1.36. The Bertz CT molecular complexity index is 535. The Balaban J connectivity index is 2.73. The lowest BCUT2D eigenvalue weighted by Crippen LogP contribution is -2.09.